The van der Waals surface area contributed by atoms with Gasteiger partial charge < -0.3 is 15.0 Å². The monoisotopic (exact) mass is 331 g/mol. The number of para-hydroxylation sites is 1. The summed E-state index contributed by atoms with van der Waals surface area (Å²) in [5, 5.41) is 3.70. The maximum atomic E-state index is 12.0. The van der Waals surface area contributed by atoms with Gasteiger partial charge in [0.15, 0.2) is 0 Å². The van der Waals surface area contributed by atoms with Crippen molar-refractivity contribution < 1.29 is 14.4 Å². The third-order valence-corrected chi connectivity index (χ3v) is 4.18. The number of halogens is 2. The van der Waals surface area contributed by atoms with Crippen molar-refractivity contribution in [2.24, 2.45) is 0 Å². The number of benzene rings is 1. The van der Waals surface area contributed by atoms with Crippen molar-refractivity contribution in [1.29, 1.82) is 0 Å². The molecule has 1 aromatic rings. The molecule has 1 aliphatic heterocycles. The van der Waals surface area contributed by atoms with Gasteiger partial charge in [-0.2, -0.15) is 0 Å². The van der Waals surface area contributed by atoms with Gasteiger partial charge in [0.05, 0.1) is 28.7 Å². The van der Waals surface area contributed by atoms with Crippen LogP contribution in [0.1, 0.15) is 20.3 Å². The molecule has 0 aliphatic carbocycles. The van der Waals surface area contributed by atoms with E-state index in [0.29, 0.717) is 22.2 Å². The molecule has 0 aromatic heterocycles. The van der Waals surface area contributed by atoms with Crippen LogP contribution in [0, 0.1) is 0 Å². The Morgan fingerprint density at radius 3 is 2.43 bits per heavy atom. The molecule has 2 atom stereocenters. The first-order valence-corrected chi connectivity index (χ1v) is 7.94. The summed E-state index contributed by atoms with van der Waals surface area (Å²) < 4.78 is 5.69. The molecule has 6 heteroatoms. The van der Waals surface area contributed by atoms with Crippen molar-refractivity contribution in [2.75, 3.05) is 25.0 Å². The van der Waals surface area contributed by atoms with Crippen LogP contribution in [-0.2, 0) is 9.53 Å². The van der Waals surface area contributed by atoms with Gasteiger partial charge in [0.25, 0.3) is 0 Å². The molecule has 1 aliphatic rings. The summed E-state index contributed by atoms with van der Waals surface area (Å²) in [6.07, 6.45) is 0.922. The average Bonchev–Trinajstić information content (AvgIpc) is 2.40. The van der Waals surface area contributed by atoms with Crippen LogP contribution in [0.4, 0.5) is 5.69 Å². The predicted molar refractivity (Wildman–Crippen MR) is 85.3 cm³/mol. The maximum Gasteiger partial charge on any atom is 0.230 e. The Kier molecular flexibility index (Phi) is 5.88. The molecular weight excluding hydrogens is 311 g/mol. The van der Waals surface area contributed by atoms with E-state index in [1.165, 1.54) is 4.90 Å². The highest BCUT2D eigenvalue weighted by atomic mass is 35.5. The first-order valence-electron chi connectivity index (χ1n) is 7.18. The standard InChI is InChI=1S/C15H20Cl2N2O2/c1-10-8-19(9-11(2)21-10)7-6-14(20)18-15-12(16)4-3-5-13(15)17/h3-5,10-11H,6-9H2,1-2H3,(H,18,20)/p+1/t10-,11-/m0/s1. The normalized spacial score (nSPS) is 25.6. The molecule has 1 saturated heterocycles. The highest BCUT2D eigenvalue weighted by Gasteiger charge is 2.25. The van der Waals surface area contributed by atoms with Gasteiger partial charge in [0.1, 0.15) is 25.3 Å². The fourth-order valence-corrected chi connectivity index (χ4v) is 3.19. The average molecular weight is 332 g/mol. The van der Waals surface area contributed by atoms with Crippen LogP contribution in [0.2, 0.25) is 10.0 Å². The Labute approximate surface area is 135 Å². The van der Waals surface area contributed by atoms with Crippen LogP contribution in [0.15, 0.2) is 18.2 Å². The van der Waals surface area contributed by atoms with Gasteiger partial charge in [0, 0.05) is 0 Å². The molecule has 2 N–H and O–H groups in total. The van der Waals surface area contributed by atoms with E-state index in [9.17, 15) is 4.79 Å². The topological polar surface area (TPSA) is 42.8 Å². The number of carbonyl (C=O) groups excluding carboxylic acids is 1. The minimum Gasteiger partial charge on any atom is -0.364 e. The fourth-order valence-electron chi connectivity index (χ4n) is 2.70. The third-order valence-electron chi connectivity index (χ3n) is 3.55. The summed E-state index contributed by atoms with van der Waals surface area (Å²) in [5.74, 6) is -0.0655. The molecule has 0 bridgehead atoms. The summed E-state index contributed by atoms with van der Waals surface area (Å²) in [5.41, 5.74) is 0.490. The molecule has 21 heavy (non-hydrogen) atoms. The summed E-state index contributed by atoms with van der Waals surface area (Å²) >= 11 is 12.1. The number of hydrogen-bond acceptors (Lipinski definition) is 2. The highest BCUT2D eigenvalue weighted by Crippen LogP contribution is 2.29. The zero-order valence-corrected chi connectivity index (χ0v) is 13.8. The summed E-state index contributed by atoms with van der Waals surface area (Å²) in [6.45, 7) is 6.79. The van der Waals surface area contributed by atoms with E-state index in [4.69, 9.17) is 27.9 Å². The zero-order valence-electron chi connectivity index (χ0n) is 12.3. The number of anilines is 1. The molecule has 1 amide bonds. The number of morpholine rings is 1. The molecule has 1 aromatic carbocycles. The van der Waals surface area contributed by atoms with E-state index >= 15 is 0 Å². The van der Waals surface area contributed by atoms with Crippen LogP contribution in [0.25, 0.3) is 0 Å². The second-order valence-electron chi connectivity index (χ2n) is 5.56. The summed E-state index contributed by atoms with van der Waals surface area (Å²) in [4.78, 5) is 13.4. The first-order chi connectivity index (χ1) is 9.95. The van der Waals surface area contributed by atoms with Crippen molar-refractivity contribution in [2.45, 2.75) is 32.5 Å². The summed E-state index contributed by atoms with van der Waals surface area (Å²) in [7, 11) is 0. The van der Waals surface area contributed by atoms with Crippen molar-refractivity contribution in [3.05, 3.63) is 28.2 Å². The van der Waals surface area contributed by atoms with Crippen LogP contribution >= 0.6 is 23.2 Å². The van der Waals surface area contributed by atoms with Gasteiger partial charge in [0.2, 0.25) is 5.91 Å². The lowest BCUT2D eigenvalue weighted by Crippen LogP contribution is -3.15. The first kappa shape index (κ1) is 16.6. The van der Waals surface area contributed by atoms with Gasteiger partial charge in [-0.05, 0) is 26.0 Å². The van der Waals surface area contributed by atoms with Crippen molar-refractivity contribution >= 4 is 34.8 Å². The minimum atomic E-state index is -0.0655. The fraction of sp³-hybridized carbons (Fsp3) is 0.533. The molecule has 4 nitrogen and oxygen atoms in total. The van der Waals surface area contributed by atoms with E-state index in [0.717, 1.165) is 19.6 Å². The Balaban J connectivity index is 1.85. The number of hydrogen-bond donors (Lipinski definition) is 2. The minimum absolute atomic E-state index is 0.0655. The molecule has 1 fully saturated rings. The molecular formula is C15H21Cl2N2O2+. The number of carbonyl (C=O) groups is 1. The SMILES string of the molecule is C[C@H]1C[NH+](CCC(=O)Nc2c(Cl)cccc2Cl)C[C@H](C)O1. The largest absolute Gasteiger partial charge is 0.364 e. The van der Waals surface area contributed by atoms with Gasteiger partial charge in [-0.1, -0.05) is 29.3 Å². The molecule has 2 rings (SSSR count). The smallest absolute Gasteiger partial charge is 0.230 e. The van der Waals surface area contributed by atoms with E-state index in [2.05, 4.69) is 19.2 Å². The molecule has 0 radical (unpaired) electrons. The Hall–Kier alpha value is -0.810. The lowest BCUT2D eigenvalue weighted by Gasteiger charge is -2.32. The van der Waals surface area contributed by atoms with Crippen LogP contribution in [0.5, 0.6) is 0 Å². The van der Waals surface area contributed by atoms with Crippen molar-refractivity contribution in [3.8, 4) is 0 Å². The zero-order chi connectivity index (χ0) is 15.4. The van der Waals surface area contributed by atoms with Gasteiger partial charge in [-0.25, -0.2) is 0 Å². The van der Waals surface area contributed by atoms with Crippen LogP contribution in [-0.4, -0.2) is 37.7 Å². The van der Waals surface area contributed by atoms with Crippen LogP contribution < -0.4 is 10.2 Å². The molecule has 1 heterocycles. The molecule has 0 unspecified atom stereocenters. The van der Waals surface area contributed by atoms with Gasteiger partial charge in [-0.15, -0.1) is 0 Å². The molecule has 0 saturated carbocycles. The molecule has 0 spiro atoms. The number of ether oxygens (including phenoxy) is 1. The lowest BCUT2D eigenvalue weighted by molar-refractivity contribution is -0.914. The highest BCUT2D eigenvalue weighted by molar-refractivity contribution is 6.39. The Morgan fingerprint density at radius 2 is 1.86 bits per heavy atom. The number of nitrogens with one attached hydrogen (secondary N) is 2. The van der Waals surface area contributed by atoms with E-state index in [1.807, 2.05) is 0 Å². The van der Waals surface area contributed by atoms with E-state index in [1.54, 1.807) is 18.2 Å². The van der Waals surface area contributed by atoms with Crippen LogP contribution in [0.3, 0.4) is 0 Å². The van der Waals surface area contributed by atoms with E-state index < -0.39 is 0 Å². The number of quaternary nitrogens is 1. The maximum absolute atomic E-state index is 12.0. The van der Waals surface area contributed by atoms with Crippen molar-refractivity contribution in [1.82, 2.24) is 0 Å². The van der Waals surface area contributed by atoms with Gasteiger partial charge >= 0.3 is 0 Å². The Morgan fingerprint density at radius 1 is 1.29 bits per heavy atom. The number of amides is 1. The van der Waals surface area contributed by atoms with E-state index in [-0.39, 0.29) is 18.1 Å². The number of rotatable bonds is 4. The van der Waals surface area contributed by atoms with Crippen molar-refractivity contribution in [3.63, 3.8) is 0 Å². The Bertz CT molecular complexity index is 480. The quantitative estimate of drug-likeness (QED) is 0.886. The van der Waals surface area contributed by atoms with Gasteiger partial charge in [-0.3, -0.25) is 4.79 Å². The third kappa shape index (κ3) is 4.85. The molecule has 116 valence electrons. The second-order valence-corrected chi connectivity index (χ2v) is 6.37. The summed E-state index contributed by atoms with van der Waals surface area (Å²) in [6, 6.07) is 5.17. The lowest BCUT2D eigenvalue weighted by atomic mass is 10.2. The predicted octanol–water partition coefficient (Wildman–Crippen LogP) is 2.01. The second kappa shape index (κ2) is 7.45.